The van der Waals surface area contributed by atoms with E-state index in [4.69, 9.17) is 0 Å². The van der Waals surface area contributed by atoms with Crippen molar-refractivity contribution in [1.29, 1.82) is 0 Å². The van der Waals surface area contributed by atoms with Gasteiger partial charge in [-0.05, 0) is 93.0 Å². The lowest BCUT2D eigenvalue weighted by Gasteiger charge is -2.38. The summed E-state index contributed by atoms with van der Waals surface area (Å²) >= 11 is 3.98. The molecule has 6 heteroatoms. The number of hydrogen-bond donors (Lipinski definition) is 0. The van der Waals surface area contributed by atoms with Crippen molar-refractivity contribution in [1.82, 2.24) is 9.13 Å². The highest BCUT2D eigenvalue weighted by Gasteiger charge is 2.45. The topological polar surface area (TPSA) is 9.86 Å². The predicted molar refractivity (Wildman–Crippen MR) is 261 cm³/mol. The zero-order chi connectivity index (χ0) is 39.7. The van der Waals surface area contributed by atoms with Crippen LogP contribution in [0.5, 0.6) is 0 Å². The molecule has 2 aromatic heterocycles. The van der Waals surface area contributed by atoms with Gasteiger partial charge in [0.05, 0.1) is 22.1 Å². The summed E-state index contributed by atoms with van der Waals surface area (Å²) in [5.41, 5.74) is 22.8. The highest BCUT2D eigenvalue weighted by atomic mass is 32.2. The molecule has 11 aromatic rings. The number of rotatable bonds is 2. The van der Waals surface area contributed by atoms with Crippen molar-refractivity contribution in [3.8, 4) is 33.6 Å². The van der Waals surface area contributed by atoms with E-state index in [0.717, 1.165) is 0 Å². The molecule has 4 aliphatic rings. The molecule has 4 aliphatic heterocycles. The second-order valence-electron chi connectivity index (χ2n) is 17.1. The molecule has 2 nitrogen and oxygen atoms in total. The first-order chi connectivity index (χ1) is 30.2. The van der Waals surface area contributed by atoms with Crippen LogP contribution in [0.4, 0.5) is 0 Å². The van der Waals surface area contributed by atoms with Crippen molar-refractivity contribution in [3.05, 3.63) is 181 Å². The lowest BCUT2D eigenvalue weighted by Crippen LogP contribution is -2.63. The molecule has 61 heavy (non-hydrogen) atoms. The van der Waals surface area contributed by atoms with E-state index in [1.54, 1.807) is 0 Å². The first kappa shape index (κ1) is 33.2. The maximum atomic E-state index is 2.66. The third-order valence-electron chi connectivity index (χ3n) is 14.2. The normalized spacial score (nSPS) is 13.8. The lowest BCUT2D eigenvalue weighted by atomic mass is 9.32. The van der Waals surface area contributed by atoms with Gasteiger partial charge in [0, 0.05) is 52.5 Å². The highest BCUT2D eigenvalue weighted by Crippen LogP contribution is 2.46. The van der Waals surface area contributed by atoms with Gasteiger partial charge in [0.2, 0.25) is 13.4 Å². The molecule has 0 unspecified atom stereocenters. The molecule has 0 saturated carbocycles. The van der Waals surface area contributed by atoms with E-state index in [0.29, 0.717) is 0 Å². The van der Waals surface area contributed by atoms with Crippen molar-refractivity contribution in [2.24, 2.45) is 0 Å². The van der Waals surface area contributed by atoms with E-state index in [2.05, 4.69) is 192 Å². The molecular weight excluding hydrogens is 774 g/mol. The van der Waals surface area contributed by atoms with E-state index < -0.39 is 0 Å². The third-order valence-corrected chi connectivity index (χ3v) is 16.8. The molecule has 0 radical (unpaired) electrons. The van der Waals surface area contributed by atoms with E-state index in [9.17, 15) is 0 Å². The molecule has 0 saturated heterocycles. The van der Waals surface area contributed by atoms with Crippen molar-refractivity contribution >= 4 is 113 Å². The fourth-order valence-corrected chi connectivity index (χ4v) is 14.2. The fraction of sp³-hybridized carbons (Fsp3) is 0.0182. The maximum absolute atomic E-state index is 2.66. The van der Waals surface area contributed by atoms with Crippen molar-refractivity contribution < 1.29 is 0 Å². The third kappa shape index (κ3) is 4.20. The van der Waals surface area contributed by atoms with Gasteiger partial charge in [-0.2, -0.15) is 0 Å². The second-order valence-corrected chi connectivity index (χ2v) is 19.2. The van der Waals surface area contributed by atoms with E-state index in [1.165, 1.54) is 135 Å². The monoisotopic (exact) mass is 806 g/mol. The van der Waals surface area contributed by atoms with Crippen LogP contribution in [-0.4, -0.2) is 22.6 Å². The van der Waals surface area contributed by atoms with Crippen LogP contribution in [0.25, 0.3) is 77.2 Å². The van der Waals surface area contributed by atoms with Gasteiger partial charge in [-0.15, -0.1) is 0 Å². The zero-order valence-corrected chi connectivity index (χ0v) is 34.7. The lowest BCUT2D eigenvalue weighted by molar-refractivity contribution is 1.17. The van der Waals surface area contributed by atoms with Crippen molar-refractivity contribution in [2.75, 3.05) is 0 Å². The molecule has 0 bridgehead atoms. The van der Waals surface area contributed by atoms with Crippen LogP contribution in [0.3, 0.4) is 0 Å². The number of benzene rings is 9. The van der Waals surface area contributed by atoms with Gasteiger partial charge in [0.15, 0.2) is 0 Å². The molecule has 0 aliphatic carbocycles. The van der Waals surface area contributed by atoms with Gasteiger partial charge >= 0.3 is 0 Å². The molecule has 0 fully saturated rings. The van der Waals surface area contributed by atoms with Gasteiger partial charge in [-0.1, -0.05) is 174 Å². The molecule has 0 N–H and O–H groups in total. The predicted octanol–water partition coefficient (Wildman–Crippen LogP) is 10.1. The Hall–Kier alpha value is -6.59. The zero-order valence-electron chi connectivity index (χ0n) is 33.1. The molecule has 6 heterocycles. The standard InChI is InChI=1S/C55H32B2N2S2/c1-31-54-42(56-40-24-20-34(32-12-4-2-5-13-32)28-46(40)58-44-18-10-8-16-36(44)38-22-26-48(60-54)50(56)52(38)58)30-43-55(31)61-49-27-23-39-37-17-9-11-19-45(37)59-47-29-35(33-14-6-3-7-15-33)21-25-41(47)57(43)51(49)53(39)59/h2-30H,1H3. The van der Waals surface area contributed by atoms with Crippen LogP contribution < -0.4 is 32.8 Å². The average molecular weight is 807 g/mol. The summed E-state index contributed by atoms with van der Waals surface area (Å²) in [6.07, 6.45) is 0. The number of nitrogens with zero attached hydrogens (tertiary/aromatic N) is 2. The molecule has 0 amide bonds. The first-order valence-corrected chi connectivity index (χ1v) is 22.9. The van der Waals surface area contributed by atoms with Crippen molar-refractivity contribution in [3.63, 3.8) is 0 Å². The summed E-state index contributed by atoms with van der Waals surface area (Å²) in [7, 11) is 0. The molecule has 280 valence electrons. The molecule has 0 spiro atoms. The number of aromatic nitrogens is 2. The van der Waals surface area contributed by atoms with Crippen LogP contribution in [0.1, 0.15) is 5.56 Å². The van der Waals surface area contributed by atoms with Gasteiger partial charge in [-0.3, -0.25) is 0 Å². The molecule has 9 aromatic carbocycles. The van der Waals surface area contributed by atoms with Gasteiger partial charge in [-0.25, -0.2) is 0 Å². The number of hydrogen-bond acceptors (Lipinski definition) is 2. The van der Waals surface area contributed by atoms with Crippen LogP contribution in [0, 0.1) is 6.92 Å². The van der Waals surface area contributed by atoms with E-state index >= 15 is 0 Å². The first-order valence-electron chi connectivity index (χ1n) is 21.2. The number of para-hydroxylation sites is 2. The Morgan fingerprint density at radius 2 is 0.820 bits per heavy atom. The molecular formula is C55H32B2N2S2. The SMILES string of the molecule is Cc1c2c(cc3c1Sc1ccc4c5ccccc5n5c4c1B3c1ccc(-c3ccccc3)cc1-5)B1c3ccc(-c4ccccc4)cc3-n3c4ccccc4c4ccc(c1c43)S2. The van der Waals surface area contributed by atoms with E-state index in [1.807, 2.05) is 23.5 Å². The summed E-state index contributed by atoms with van der Waals surface area (Å²) in [4.78, 5) is 5.58. The van der Waals surface area contributed by atoms with Crippen LogP contribution in [-0.2, 0) is 0 Å². The minimum atomic E-state index is 0.104. The van der Waals surface area contributed by atoms with Crippen LogP contribution >= 0.6 is 23.5 Å². The summed E-state index contributed by atoms with van der Waals surface area (Å²) in [6.45, 7) is 2.61. The highest BCUT2D eigenvalue weighted by molar-refractivity contribution is 8.01. The Bertz CT molecular complexity index is 3550. The summed E-state index contributed by atoms with van der Waals surface area (Å²) in [5, 5.41) is 5.30. The minimum Gasteiger partial charge on any atom is -0.310 e. The van der Waals surface area contributed by atoms with Crippen LogP contribution in [0.15, 0.2) is 196 Å². The maximum Gasteiger partial charge on any atom is 0.249 e. The summed E-state index contributed by atoms with van der Waals surface area (Å²) in [5.74, 6) is 0. The van der Waals surface area contributed by atoms with Crippen LogP contribution in [0.2, 0.25) is 0 Å². The Labute approximate surface area is 362 Å². The molecule has 0 atom stereocenters. The minimum absolute atomic E-state index is 0.104. The molecule has 15 rings (SSSR count). The quantitative estimate of drug-likeness (QED) is 0.161. The van der Waals surface area contributed by atoms with Crippen molar-refractivity contribution in [2.45, 2.75) is 26.5 Å². The van der Waals surface area contributed by atoms with Gasteiger partial charge in [0.25, 0.3) is 0 Å². The summed E-state index contributed by atoms with van der Waals surface area (Å²) in [6, 6.07) is 66.6. The number of fused-ring (bicyclic) bond motifs is 16. The smallest absolute Gasteiger partial charge is 0.249 e. The fourth-order valence-electron chi connectivity index (χ4n) is 11.7. The largest absolute Gasteiger partial charge is 0.310 e. The Kier molecular flexibility index (Phi) is 6.43. The Balaban J connectivity index is 1.03. The van der Waals surface area contributed by atoms with Gasteiger partial charge < -0.3 is 9.13 Å². The average Bonchev–Trinajstić information content (AvgIpc) is 3.85. The van der Waals surface area contributed by atoms with E-state index in [-0.39, 0.29) is 13.4 Å². The Morgan fingerprint density at radius 1 is 0.377 bits per heavy atom. The Morgan fingerprint density at radius 3 is 1.30 bits per heavy atom. The second kappa shape index (κ2) is 11.8. The van der Waals surface area contributed by atoms with Gasteiger partial charge in [0.1, 0.15) is 0 Å². The summed E-state index contributed by atoms with van der Waals surface area (Å²) < 4.78 is 5.17.